The van der Waals surface area contributed by atoms with Crippen LogP contribution in [0.4, 0.5) is 0 Å². The molecule has 96 valence electrons. The quantitative estimate of drug-likeness (QED) is 0.895. The predicted molar refractivity (Wildman–Crippen MR) is 73.9 cm³/mol. The Bertz CT molecular complexity index is 399. The number of hydrogen-bond donors (Lipinski definition) is 1. The van der Waals surface area contributed by atoms with E-state index in [4.69, 9.17) is 23.2 Å². The molecule has 0 aliphatic rings. The molecule has 0 fully saturated rings. The standard InChI is InChI=1S/C13H19Cl2NO/c1-13(2,3)8-16(4)7-9-5-10(14)6-11(15)12(9)17/h5-6,17H,7-8H2,1-4H3. The Morgan fingerprint density at radius 2 is 1.82 bits per heavy atom. The maximum absolute atomic E-state index is 9.85. The van der Waals surface area contributed by atoms with Crippen molar-refractivity contribution in [1.82, 2.24) is 4.90 Å². The molecule has 0 radical (unpaired) electrons. The second-order valence-electron chi connectivity index (χ2n) is 5.63. The Labute approximate surface area is 113 Å². The Morgan fingerprint density at radius 3 is 2.35 bits per heavy atom. The molecule has 0 spiro atoms. The smallest absolute Gasteiger partial charge is 0.138 e. The summed E-state index contributed by atoms with van der Waals surface area (Å²) in [6, 6.07) is 3.30. The first kappa shape index (κ1) is 14.6. The van der Waals surface area contributed by atoms with Crippen molar-refractivity contribution in [3.05, 3.63) is 27.7 Å². The summed E-state index contributed by atoms with van der Waals surface area (Å²) in [5, 5.41) is 10.7. The van der Waals surface area contributed by atoms with Crippen LogP contribution in [0.3, 0.4) is 0 Å². The van der Waals surface area contributed by atoms with E-state index in [1.54, 1.807) is 12.1 Å². The lowest BCUT2D eigenvalue weighted by Gasteiger charge is -2.26. The van der Waals surface area contributed by atoms with Crippen molar-refractivity contribution < 1.29 is 5.11 Å². The van der Waals surface area contributed by atoms with Crippen LogP contribution in [-0.4, -0.2) is 23.6 Å². The lowest BCUT2D eigenvalue weighted by molar-refractivity contribution is 0.219. The average molecular weight is 276 g/mol. The van der Waals surface area contributed by atoms with Crippen LogP contribution in [0.5, 0.6) is 5.75 Å². The van der Waals surface area contributed by atoms with E-state index in [0.717, 1.165) is 12.1 Å². The second kappa shape index (κ2) is 5.47. The molecule has 0 saturated carbocycles. The predicted octanol–water partition coefficient (Wildman–Crippen LogP) is 4.18. The molecule has 0 aromatic heterocycles. The first-order valence-electron chi connectivity index (χ1n) is 5.54. The molecular weight excluding hydrogens is 257 g/mol. The molecule has 0 bridgehead atoms. The highest BCUT2D eigenvalue weighted by molar-refractivity contribution is 6.35. The number of halogens is 2. The number of hydrogen-bond acceptors (Lipinski definition) is 2. The highest BCUT2D eigenvalue weighted by Gasteiger charge is 2.16. The van der Waals surface area contributed by atoms with E-state index in [1.165, 1.54) is 0 Å². The van der Waals surface area contributed by atoms with Crippen LogP contribution in [0, 0.1) is 5.41 Å². The van der Waals surface area contributed by atoms with Gasteiger partial charge in [-0.05, 0) is 24.6 Å². The van der Waals surface area contributed by atoms with Crippen molar-refractivity contribution in [3.8, 4) is 5.75 Å². The zero-order chi connectivity index (χ0) is 13.2. The molecular formula is C13H19Cl2NO. The fourth-order valence-corrected chi connectivity index (χ4v) is 2.43. The fraction of sp³-hybridized carbons (Fsp3) is 0.538. The molecule has 0 unspecified atom stereocenters. The van der Waals surface area contributed by atoms with E-state index in [9.17, 15) is 5.11 Å². The third-order valence-electron chi connectivity index (χ3n) is 2.29. The fourth-order valence-electron chi connectivity index (χ4n) is 1.90. The molecule has 1 aromatic carbocycles. The van der Waals surface area contributed by atoms with E-state index in [2.05, 4.69) is 25.7 Å². The van der Waals surface area contributed by atoms with Crippen molar-refractivity contribution in [2.24, 2.45) is 5.41 Å². The summed E-state index contributed by atoms with van der Waals surface area (Å²) in [4.78, 5) is 2.14. The van der Waals surface area contributed by atoms with Gasteiger partial charge in [-0.3, -0.25) is 0 Å². The second-order valence-corrected chi connectivity index (χ2v) is 6.47. The Morgan fingerprint density at radius 1 is 1.24 bits per heavy atom. The van der Waals surface area contributed by atoms with Gasteiger partial charge in [0.1, 0.15) is 5.75 Å². The molecule has 2 nitrogen and oxygen atoms in total. The van der Waals surface area contributed by atoms with Gasteiger partial charge in [-0.1, -0.05) is 44.0 Å². The van der Waals surface area contributed by atoms with Crippen LogP contribution >= 0.6 is 23.2 Å². The summed E-state index contributed by atoms with van der Waals surface area (Å²) in [6.45, 7) is 8.08. The van der Waals surface area contributed by atoms with Crippen LogP contribution in [0.1, 0.15) is 26.3 Å². The van der Waals surface area contributed by atoms with E-state index >= 15 is 0 Å². The number of nitrogens with zero attached hydrogens (tertiary/aromatic N) is 1. The molecule has 17 heavy (non-hydrogen) atoms. The maximum Gasteiger partial charge on any atom is 0.138 e. The molecule has 0 heterocycles. The molecule has 0 aliphatic heterocycles. The van der Waals surface area contributed by atoms with Gasteiger partial charge in [0, 0.05) is 23.7 Å². The number of aromatic hydroxyl groups is 1. The Hall–Kier alpha value is -0.440. The molecule has 1 rings (SSSR count). The first-order valence-corrected chi connectivity index (χ1v) is 6.30. The van der Waals surface area contributed by atoms with Gasteiger partial charge >= 0.3 is 0 Å². The molecule has 0 atom stereocenters. The average Bonchev–Trinajstić information content (AvgIpc) is 2.10. The monoisotopic (exact) mass is 275 g/mol. The Kier molecular flexibility index (Phi) is 4.70. The van der Waals surface area contributed by atoms with Crippen molar-refractivity contribution in [2.75, 3.05) is 13.6 Å². The largest absolute Gasteiger partial charge is 0.506 e. The van der Waals surface area contributed by atoms with Gasteiger partial charge in [0.2, 0.25) is 0 Å². The third-order valence-corrected chi connectivity index (χ3v) is 2.80. The lowest BCUT2D eigenvalue weighted by Crippen LogP contribution is -2.28. The summed E-state index contributed by atoms with van der Waals surface area (Å²) in [6.07, 6.45) is 0. The zero-order valence-electron chi connectivity index (χ0n) is 10.7. The molecule has 0 saturated heterocycles. The number of benzene rings is 1. The van der Waals surface area contributed by atoms with Gasteiger partial charge in [-0.25, -0.2) is 0 Å². The highest BCUT2D eigenvalue weighted by atomic mass is 35.5. The Balaban J connectivity index is 2.81. The van der Waals surface area contributed by atoms with Gasteiger partial charge in [0.15, 0.2) is 0 Å². The third kappa shape index (κ3) is 4.74. The van der Waals surface area contributed by atoms with Crippen LogP contribution in [-0.2, 0) is 6.54 Å². The number of phenols is 1. The van der Waals surface area contributed by atoms with Crippen molar-refractivity contribution in [2.45, 2.75) is 27.3 Å². The summed E-state index contributed by atoms with van der Waals surface area (Å²) >= 11 is 11.8. The number of rotatable bonds is 3. The van der Waals surface area contributed by atoms with Crippen LogP contribution in [0.2, 0.25) is 10.0 Å². The molecule has 1 aromatic rings. The van der Waals surface area contributed by atoms with Gasteiger partial charge in [-0.2, -0.15) is 0 Å². The van der Waals surface area contributed by atoms with E-state index in [-0.39, 0.29) is 11.2 Å². The minimum absolute atomic E-state index is 0.122. The van der Waals surface area contributed by atoms with E-state index in [1.807, 2.05) is 7.05 Å². The SMILES string of the molecule is CN(Cc1cc(Cl)cc(Cl)c1O)CC(C)(C)C. The minimum Gasteiger partial charge on any atom is -0.506 e. The van der Waals surface area contributed by atoms with E-state index in [0.29, 0.717) is 16.6 Å². The van der Waals surface area contributed by atoms with Gasteiger partial charge in [0.05, 0.1) is 5.02 Å². The van der Waals surface area contributed by atoms with Crippen molar-refractivity contribution >= 4 is 23.2 Å². The zero-order valence-corrected chi connectivity index (χ0v) is 12.2. The summed E-state index contributed by atoms with van der Waals surface area (Å²) in [7, 11) is 2.01. The maximum atomic E-state index is 9.85. The van der Waals surface area contributed by atoms with Crippen LogP contribution in [0.25, 0.3) is 0 Å². The topological polar surface area (TPSA) is 23.5 Å². The summed E-state index contributed by atoms with van der Waals surface area (Å²) < 4.78 is 0. The van der Waals surface area contributed by atoms with Crippen LogP contribution in [0.15, 0.2) is 12.1 Å². The van der Waals surface area contributed by atoms with Crippen molar-refractivity contribution in [1.29, 1.82) is 0 Å². The molecule has 0 aliphatic carbocycles. The van der Waals surface area contributed by atoms with E-state index < -0.39 is 0 Å². The number of phenolic OH excluding ortho intramolecular Hbond substituents is 1. The summed E-state index contributed by atoms with van der Waals surface area (Å²) in [5.41, 5.74) is 0.974. The highest BCUT2D eigenvalue weighted by Crippen LogP contribution is 2.32. The molecule has 4 heteroatoms. The van der Waals surface area contributed by atoms with Gasteiger partial charge < -0.3 is 10.0 Å². The van der Waals surface area contributed by atoms with Gasteiger partial charge in [-0.15, -0.1) is 0 Å². The molecule has 1 N–H and O–H groups in total. The van der Waals surface area contributed by atoms with Crippen molar-refractivity contribution in [3.63, 3.8) is 0 Å². The lowest BCUT2D eigenvalue weighted by atomic mass is 9.96. The normalized spacial score (nSPS) is 12.2. The molecule has 0 amide bonds. The minimum atomic E-state index is 0.122. The van der Waals surface area contributed by atoms with Gasteiger partial charge in [0.25, 0.3) is 0 Å². The first-order chi connectivity index (χ1) is 7.69. The summed E-state index contributed by atoms with van der Waals surface area (Å²) in [5.74, 6) is 0.122. The van der Waals surface area contributed by atoms with Crippen LogP contribution < -0.4 is 0 Å².